The highest BCUT2D eigenvalue weighted by molar-refractivity contribution is 6.27. The van der Waals surface area contributed by atoms with E-state index in [2.05, 4.69) is 21.9 Å². The average Bonchev–Trinajstić information content (AvgIpc) is 2.89. The number of aliphatic carboxylic acids is 2. The molecule has 0 aliphatic carbocycles. The van der Waals surface area contributed by atoms with Crippen molar-refractivity contribution in [1.82, 2.24) is 4.90 Å². The summed E-state index contributed by atoms with van der Waals surface area (Å²) < 4.78 is 22.2. The van der Waals surface area contributed by atoms with Gasteiger partial charge in [-0.3, -0.25) is 4.90 Å². The van der Waals surface area contributed by atoms with Crippen molar-refractivity contribution in [1.29, 1.82) is 0 Å². The van der Waals surface area contributed by atoms with Gasteiger partial charge in [0.2, 0.25) is 5.75 Å². The lowest BCUT2D eigenvalue weighted by molar-refractivity contribution is -0.159. The first-order valence-electron chi connectivity index (χ1n) is 11.3. The Labute approximate surface area is 205 Å². The van der Waals surface area contributed by atoms with Crippen LogP contribution in [0.1, 0.15) is 12.8 Å². The molecule has 1 aliphatic rings. The van der Waals surface area contributed by atoms with Crippen LogP contribution in [-0.4, -0.2) is 87.7 Å². The minimum absolute atomic E-state index is 0.651. The van der Waals surface area contributed by atoms with Gasteiger partial charge in [0.05, 0.1) is 33.6 Å². The van der Waals surface area contributed by atoms with Crippen molar-refractivity contribution in [3.63, 3.8) is 0 Å². The molecule has 1 saturated heterocycles. The molecule has 3 rings (SSSR count). The van der Waals surface area contributed by atoms with Gasteiger partial charge in [0.25, 0.3) is 0 Å². The first-order valence-corrected chi connectivity index (χ1v) is 11.3. The van der Waals surface area contributed by atoms with Crippen molar-refractivity contribution in [3.8, 4) is 23.0 Å². The van der Waals surface area contributed by atoms with Crippen molar-refractivity contribution >= 4 is 17.6 Å². The lowest BCUT2D eigenvalue weighted by Gasteiger charge is -2.36. The van der Waals surface area contributed by atoms with E-state index in [0.717, 1.165) is 51.3 Å². The van der Waals surface area contributed by atoms with Crippen LogP contribution >= 0.6 is 0 Å². The largest absolute Gasteiger partial charge is 0.495 e. The molecule has 0 amide bonds. The van der Waals surface area contributed by atoms with Crippen LogP contribution in [0, 0.1) is 0 Å². The maximum atomic E-state index is 9.10. The molecule has 10 nitrogen and oxygen atoms in total. The van der Waals surface area contributed by atoms with E-state index in [0.29, 0.717) is 23.9 Å². The third-order valence-electron chi connectivity index (χ3n) is 5.48. The standard InChI is InChI=1S/C23H32N2O4.C2H2O4/c1-26-20-10-5-4-9-19(20)25-16-14-24(15-17-25)13-6-7-18-29-23-21(27-2)11-8-12-22(23)28-3;3-1(4)2(5)6/h4-5,8-12H,6-7,13-18H2,1-3H3;(H,3,4)(H,5,6). The maximum absolute atomic E-state index is 9.10. The Morgan fingerprint density at radius 2 is 1.31 bits per heavy atom. The fourth-order valence-corrected chi connectivity index (χ4v) is 3.67. The summed E-state index contributed by atoms with van der Waals surface area (Å²) in [6.45, 7) is 5.92. The van der Waals surface area contributed by atoms with Gasteiger partial charge in [-0.05, 0) is 43.7 Å². The molecule has 0 atom stereocenters. The molecule has 192 valence electrons. The Morgan fingerprint density at radius 3 is 1.86 bits per heavy atom. The predicted octanol–water partition coefficient (Wildman–Crippen LogP) is 2.85. The topological polar surface area (TPSA) is 118 Å². The van der Waals surface area contributed by atoms with E-state index in [9.17, 15) is 0 Å². The fraction of sp³-hybridized carbons (Fsp3) is 0.440. The normalized spacial score (nSPS) is 13.3. The average molecular weight is 491 g/mol. The highest BCUT2D eigenvalue weighted by Gasteiger charge is 2.19. The van der Waals surface area contributed by atoms with E-state index in [4.69, 9.17) is 38.7 Å². The summed E-state index contributed by atoms with van der Waals surface area (Å²) >= 11 is 0. The molecule has 1 heterocycles. The van der Waals surface area contributed by atoms with Crippen molar-refractivity contribution in [2.75, 3.05) is 65.6 Å². The number of carboxylic acids is 2. The molecule has 0 radical (unpaired) electrons. The molecule has 35 heavy (non-hydrogen) atoms. The Bertz CT molecular complexity index is 911. The number of carboxylic acid groups (broad SMARTS) is 2. The van der Waals surface area contributed by atoms with Crippen LogP contribution < -0.4 is 23.8 Å². The zero-order chi connectivity index (χ0) is 25.6. The van der Waals surface area contributed by atoms with Gasteiger partial charge in [0.1, 0.15) is 5.75 Å². The molecule has 0 bridgehead atoms. The molecule has 1 fully saturated rings. The Hall–Kier alpha value is -3.66. The Balaban J connectivity index is 0.000000641. The Kier molecular flexibility index (Phi) is 11.5. The fourth-order valence-electron chi connectivity index (χ4n) is 3.67. The highest BCUT2D eigenvalue weighted by atomic mass is 16.5. The maximum Gasteiger partial charge on any atom is 0.414 e. The number of benzene rings is 2. The molecule has 1 aliphatic heterocycles. The van der Waals surface area contributed by atoms with Gasteiger partial charge in [-0.15, -0.1) is 0 Å². The number of piperazine rings is 1. The van der Waals surface area contributed by atoms with Crippen LogP contribution in [-0.2, 0) is 9.59 Å². The van der Waals surface area contributed by atoms with E-state index in [1.807, 2.05) is 30.3 Å². The molecule has 0 aromatic heterocycles. The van der Waals surface area contributed by atoms with Gasteiger partial charge >= 0.3 is 11.9 Å². The monoisotopic (exact) mass is 490 g/mol. The van der Waals surface area contributed by atoms with E-state index in [-0.39, 0.29) is 0 Å². The molecule has 0 unspecified atom stereocenters. The van der Waals surface area contributed by atoms with Crippen molar-refractivity contribution in [2.45, 2.75) is 12.8 Å². The third-order valence-corrected chi connectivity index (χ3v) is 5.48. The molecular weight excluding hydrogens is 456 g/mol. The summed E-state index contributed by atoms with van der Waals surface area (Å²) in [5.74, 6) is -0.605. The summed E-state index contributed by atoms with van der Waals surface area (Å²) in [5.41, 5.74) is 1.19. The van der Waals surface area contributed by atoms with Crippen molar-refractivity contribution in [2.24, 2.45) is 0 Å². The highest BCUT2D eigenvalue weighted by Crippen LogP contribution is 2.36. The SMILES string of the molecule is COc1ccccc1N1CCN(CCCCOc2c(OC)cccc2OC)CC1.O=C(O)C(=O)O. The predicted molar refractivity (Wildman–Crippen MR) is 131 cm³/mol. The van der Waals surface area contributed by atoms with Gasteiger partial charge < -0.3 is 34.1 Å². The third kappa shape index (κ3) is 8.56. The van der Waals surface area contributed by atoms with E-state index in [1.165, 1.54) is 5.69 Å². The van der Waals surface area contributed by atoms with Gasteiger partial charge in [0, 0.05) is 26.2 Å². The minimum Gasteiger partial charge on any atom is -0.495 e. The van der Waals surface area contributed by atoms with E-state index in [1.54, 1.807) is 21.3 Å². The van der Waals surface area contributed by atoms with Crippen molar-refractivity contribution < 1.29 is 38.7 Å². The van der Waals surface area contributed by atoms with Gasteiger partial charge in [-0.1, -0.05) is 18.2 Å². The number of unbranched alkanes of at least 4 members (excludes halogenated alkanes) is 1. The zero-order valence-electron chi connectivity index (χ0n) is 20.4. The van der Waals surface area contributed by atoms with Gasteiger partial charge in [-0.2, -0.15) is 0 Å². The lowest BCUT2D eigenvalue weighted by Crippen LogP contribution is -2.46. The van der Waals surface area contributed by atoms with Crippen molar-refractivity contribution in [3.05, 3.63) is 42.5 Å². The summed E-state index contributed by atoms with van der Waals surface area (Å²) in [5, 5.41) is 14.8. The summed E-state index contributed by atoms with van der Waals surface area (Å²) in [6, 6.07) is 13.9. The van der Waals surface area contributed by atoms with Crippen LogP contribution in [0.15, 0.2) is 42.5 Å². The number of nitrogens with zero attached hydrogens (tertiary/aromatic N) is 2. The first kappa shape index (κ1) is 27.6. The Morgan fingerprint density at radius 1 is 0.771 bits per heavy atom. The smallest absolute Gasteiger partial charge is 0.414 e. The molecular formula is C25H34N2O8. The molecule has 2 aromatic rings. The van der Waals surface area contributed by atoms with Crippen LogP contribution in [0.25, 0.3) is 0 Å². The number of rotatable bonds is 10. The number of hydrogen-bond donors (Lipinski definition) is 2. The second-order valence-electron chi connectivity index (χ2n) is 7.66. The second-order valence-corrected chi connectivity index (χ2v) is 7.66. The molecule has 2 N–H and O–H groups in total. The number of ether oxygens (including phenoxy) is 4. The van der Waals surface area contributed by atoms with E-state index < -0.39 is 11.9 Å². The van der Waals surface area contributed by atoms with Crippen LogP contribution in [0.4, 0.5) is 5.69 Å². The minimum atomic E-state index is -1.82. The van der Waals surface area contributed by atoms with E-state index >= 15 is 0 Å². The number of carbonyl (C=O) groups is 2. The number of hydrogen-bond acceptors (Lipinski definition) is 8. The van der Waals surface area contributed by atoms with Crippen LogP contribution in [0.5, 0.6) is 23.0 Å². The van der Waals surface area contributed by atoms with Crippen LogP contribution in [0.3, 0.4) is 0 Å². The van der Waals surface area contributed by atoms with Crippen LogP contribution in [0.2, 0.25) is 0 Å². The van der Waals surface area contributed by atoms with Gasteiger partial charge in [-0.25, -0.2) is 9.59 Å². The molecule has 10 heteroatoms. The summed E-state index contributed by atoms with van der Waals surface area (Å²) in [6.07, 6.45) is 2.10. The summed E-state index contributed by atoms with van der Waals surface area (Å²) in [4.78, 5) is 23.1. The molecule has 2 aromatic carbocycles. The second kappa shape index (κ2) is 14.6. The van der Waals surface area contributed by atoms with Gasteiger partial charge in [0.15, 0.2) is 11.5 Å². The number of anilines is 1. The number of para-hydroxylation sites is 3. The zero-order valence-corrected chi connectivity index (χ0v) is 20.4. The quantitative estimate of drug-likeness (QED) is 0.380. The first-order chi connectivity index (χ1) is 16.9. The molecule has 0 saturated carbocycles. The lowest BCUT2D eigenvalue weighted by atomic mass is 10.2. The summed E-state index contributed by atoms with van der Waals surface area (Å²) in [7, 11) is 5.02. The molecule has 0 spiro atoms. The number of methoxy groups -OCH3 is 3.